The summed E-state index contributed by atoms with van der Waals surface area (Å²) in [6.45, 7) is 0.156. The highest BCUT2D eigenvalue weighted by Gasteiger charge is 2.41. The second kappa shape index (κ2) is 8.12. The molecule has 152 valence electrons. The van der Waals surface area contributed by atoms with Gasteiger partial charge in [-0.3, -0.25) is 10.1 Å². The molecule has 3 aromatic rings. The van der Waals surface area contributed by atoms with Crippen molar-refractivity contribution in [3.63, 3.8) is 0 Å². The molecule has 29 heavy (non-hydrogen) atoms. The quantitative estimate of drug-likeness (QED) is 0.643. The van der Waals surface area contributed by atoms with Crippen LogP contribution in [0.2, 0.25) is 0 Å². The van der Waals surface area contributed by atoms with Gasteiger partial charge in [-0.05, 0) is 30.5 Å². The van der Waals surface area contributed by atoms with Gasteiger partial charge in [0, 0.05) is 6.54 Å². The van der Waals surface area contributed by atoms with E-state index in [-0.39, 0.29) is 24.1 Å². The number of rotatable bonds is 5. The lowest BCUT2D eigenvalue weighted by atomic mass is 10.1. The van der Waals surface area contributed by atoms with Crippen molar-refractivity contribution < 1.29 is 18.0 Å². The number of benzene rings is 2. The van der Waals surface area contributed by atoms with Gasteiger partial charge >= 0.3 is 6.18 Å². The largest absolute Gasteiger partial charge is 0.407 e. The van der Waals surface area contributed by atoms with E-state index in [0.29, 0.717) is 6.54 Å². The molecule has 0 spiro atoms. The molecule has 0 aliphatic carbocycles. The fourth-order valence-electron chi connectivity index (χ4n) is 3.71. The van der Waals surface area contributed by atoms with E-state index in [1.165, 1.54) is 23.5 Å². The molecule has 2 unspecified atom stereocenters. The number of amides is 1. The number of carbonyl (C=O) groups is 1. The smallest absolute Gasteiger partial charge is 0.332 e. The van der Waals surface area contributed by atoms with Crippen LogP contribution in [-0.4, -0.2) is 35.1 Å². The lowest BCUT2D eigenvalue weighted by Crippen LogP contribution is -2.42. The number of hydrogen-bond acceptors (Lipinski definition) is 4. The Balaban J connectivity index is 1.48. The van der Waals surface area contributed by atoms with Crippen molar-refractivity contribution in [1.29, 1.82) is 0 Å². The summed E-state index contributed by atoms with van der Waals surface area (Å²) in [4.78, 5) is 19.1. The SMILES string of the molecule is O=C(CNC(c1ccccc1)C(F)(F)F)N1CCCC1c1nc2ccccc2s1. The fraction of sp³-hybridized carbons (Fsp3) is 0.333. The molecule has 2 aromatic carbocycles. The Morgan fingerprint density at radius 2 is 1.90 bits per heavy atom. The maximum atomic E-state index is 13.5. The minimum absolute atomic E-state index is 0.0944. The van der Waals surface area contributed by atoms with E-state index < -0.39 is 12.2 Å². The summed E-state index contributed by atoms with van der Waals surface area (Å²) < 4.78 is 41.5. The number of hydrogen-bond donors (Lipinski definition) is 1. The zero-order valence-electron chi connectivity index (χ0n) is 15.5. The summed E-state index contributed by atoms with van der Waals surface area (Å²) in [5, 5.41) is 3.26. The van der Waals surface area contributed by atoms with E-state index in [0.717, 1.165) is 28.1 Å². The van der Waals surface area contributed by atoms with Crippen LogP contribution in [0.3, 0.4) is 0 Å². The number of thiazole rings is 1. The Hall–Kier alpha value is -2.45. The van der Waals surface area contributed by atoms with E-state index in [2.05, 4.69) is 10.3 Å². The van der Waals surface area contributed by atoms with E-state index in [4.69, 9.17) is 0 Å². The molecule has 1 N–H and O–H groups in total. The highest BCUT2D eigenvalue weighted by molar-refractivity contribution is 7.18. The van der Waals surface area contributed by atoms with E-state index >= 15 is 0 Å². The topological polar surface area (TPSA) is 45.2 Å². The number of aromatic nitrogens is 1. The maximum absolute atomic E-state index is 13.5. The van der Waals surface area contributed by atoms with Crippen LogP contribution in [0.4, 0.5) is 13.2 Å². The summed E-state index contributed by atoms with van der Waals surface area (Å²) in [5.74, 6) is -0.336. The fourth-order valence-corrected chi connectivity index (χ4v) is 4.83. The van der Waals surface area contributed by atoms with Crippen LogP contribution < -0.4 is 5.32 Å². The number of carbonyl (C=O) groups excluding carboxylic acids is 1. The van der Waals surface area contributed by atoms with Crippen molar-refractivity contribution >= 4 is 27.5 Å². The molecule has 2 atom stereocenters. The highest BCUT2D eigenvalue weighted by Crippen LogP contribution is 2.37. The van der Waals surface area contributed by atoms with Crippen LogP contribution in [0.1, 0.15) is 35.5 Å². The van der Waals surface area contributed by atoms with Crippen LogP contribution in [0, 0.1) is 0 Å². The van der Waals surface area contributed by atoms with Crippen LogP contribution in [-0.2, 0) is 4.79 Å². The minimum Gasteiger partial charge on any atom is -0.332 e. The molecule has 0 saturated carbocycles. The Kier molecular flexibility index (Phi) is 5.56. The first kappa shape index (κ1) is 19.8. The minimum atomic E-state index is -4.49. The van der Waals surface area contributed by atoms with Crippen molar-refractivity contribution in [3.05, 3.63) is 65.2 Å². The Bertz CT molecular complexity index is 957. The van der Waals surface area contributed by atoms with Gasteiger partial charge in [0.15, 0.2) is 0 Å². The van der Waals surface area contributed by atoms with Gasteiger partial charge in [0.25, 0.3) is 0 Å². The molecule has 1 aliphatic rings. The van der Waals surface area contributed by atoms with Gasteiger partial charge in [0.05, 0.1) is 22.8 Å². The first-order chi connectivity index (χ1) is 13.9. The Labute approximate surface area is 170 Å². The predicted octanol–water partition coefficient (Wildman–Crippen LogP) is 4.85. The number of likely N-dealkylation sites (tertiary alicyclic amines) is 1. The van der Waals surface area contributed by atoms with Gasteiger partial charge in [-0.2, -0.15) is 13.2 Å². The Morgan fingerprint density at radius 1 is 1.17 bits per heavy atom. The third kappa shape index (κ3) is 4.28. The van der Waals surface area contributed by atoms with Gasteiger partial charge in [-0.1, -0.05) is 42.5 Å². The average Bonchev–Trinajstić information content (AvgIpc) is 3.34. The van der Waals surface area contributed by atoms with E-state index in [1.54, 1.807) is 23.1 Å². The zero-order chi connectivity index (χ0) is 20.4. The highest BCUT2D eigenvalue weighted by atomic mass is 32.1. The first-order valence-electron chi connectivity index (χ1n) is 9.43. The summed E-state index contributed by atoms with van der Waals surface area (Å²) in [6, 6.07) is 13.3. The summed E-state index contributed by atoms with van der Waals surface area (Å²) >= 11 is 1.54. The monoisotopic (exact) mass is 419 g/mol. The molecule has 4 rings (SSSR count). The second-order valence-electron chi connectivity index (χ2n) is 7.03. The summed E-state index contributed by atoms with van der Waals surface area (Å²) in [6.07, 6.45) is -2.90. The van der Waals surface area contributed by atoms with E-state index in [9.17, 15) is 18.0 Å². The van der Waals surface area contributed by atoms with Crippen LogP contribution in [0.5, 0.6) is 0 Å². The van der Waals surface area contributed by atoms with E-state index in [1.807, 2.05) is 24.3 Å². The Morgan fingerprint density at radius 3 is 2.62 bits per heavy atom. The molecule has 8 heteroatoms. The summed E-state index contributed by atoms with van der Waals surface area (Å²) in [5.41, 5.74) is 0.975. The molecule has 0 bridgehead atoms. The van der Waals surface area contributed by atoms with Crippen molar-refractivity contribution in [1.82, 2.24) is 15.2 Å². The van der Waals surface area contributed by atoms with Crippen molar-refractivity contribution in [2.24, 2.45) is 0 Å². The molecule has 4 nitrogen and oxygen atoms in total. The first-order valence-corrected chi connectivity index (χ1v) is 10.2. The lowest BCUT2D eigenvalue weighted by molar-refractivity contribution is -0.159. The predicted molar refractivity (Wildman–Crippen MR) is 107 cm³/mol. The standard InChI is InChI=1S/C21H20F3N3OS/c22-21(23,24)19(14-7-2-1-3-8-14)25-13-18(28)27-12-6-10-16(27)20-26-15-9-4-5-11-17(15)29-20/h1-5,7-9,11,16,19,25H,6,10,12-13H2. The molecule has 0 radical (unpaired) electrons. The molecule has 1 saturated heterocycles. The van der Waals surface area contributed by atoms with Gasteiger partial charge in [-0.25, -0.2) is 4.98 Å². The molecule has 1 aromatic heterocycles. The average molecular weight is 419 g/mol. The molecular formula is C21H20F3N3OS. The maximum Gasteiger partial charge on any atom is 0.407 e. The molecular weight excluding hydrogens is 399 g/mol. The third-order valence-electron chi connectivity index (χ3n) is 5.09. The normalized spacial score (nSPS) is 18.3. The zero-order valence-corrected chi connectivity index (χ0v) is 16.3. The lowest BCUT2D eigenvalue weighted by Gasteiger charge is -2.26. The number of nitrogens with zero attached hydrogens (tertiary/aromatic N) is 2. The van der Waals surface area contributed by atoms with Crippen molar-refractivity contribution in [2.75, 3.05) is 13.1 Å². The van der Waals surface area contributed by atoms with Crippen molar-refractivity contribution in [2.45, 2.75) is 31.1 Å². The molecule has 1 amide bonds. The number of fused-ring (bicyclic) bond motifs is 1. The summed E-state index contributed by atoms with van der Waals surface area (Å²) in [7, 11) is 0. The van der Waals surface area contributed by atoms with Crippen molar-refractivity contribution in [3.8, 4) is 0 Å². The number of alkyl halides is 3. The van der Waals surface area contributed by atoms with Crippen LogP contribution in [0.25, 0.3) is 10.2 Å². The third-order valence-corrected chi connectivity index (χ3v) is 6.22. The van der Waals surface area contributed by atoms with Gasteiger partial charge < -0.3 is 4.90 Å². The number of halogens is 3. The molecule has 2 heterocycles. The number of nitrogens with one attached hydrogen (secondary N) is 1. The van der Waals surface area contributed by atoms with Gasteiger partial charge in [0.2, 0.25) is 5.91 Å². The van der Waals surface area contributed by atoms with Gasteiger partial charge in [-0.15, -0.1) is 11.3 Å². The number of para-hydroxylation sites is 1. The molecule has 1 fully saturated rings. The van der Waals surface area contributed by atoms with Crippen LogP contribution in [0.15, 0.2) is 54.6 Å². The second-order valence-corrected chi connectivity index (χ2v) is 8.09. The van der Waals surface area contributed by atoms with Gasteiger partial charge in [0.1, 0.15) is 11.0 Å². The molecule has 1 aliphatic heterocycles. The van der Waals surface area contributed by atoms with Crippen LogP contribution >= 0.6 is 11.3 Å².